The highest BCUT2D eigenvalue weighted by Crippen LogP contribution is 2.17. The van der Waals surface area contributed by atoms with E-state index in [9.17, 15) is 13.6 Å². The third-order valence-electron chi connectivity index (χ3n) is 2.78. The van der Waals surface area contributed by atoms with Gasteiger partial charge in [-0.2, -0.15) is 0 Å². The largest absolute Gasteiger partial charge is 0.319 e. The van der Waals surface area contributed by atoms with E-state index in [2.05, 4.69) is 9.97 Å². The van der Waals surface area contributed by atoms with Gasteiger partial charge in [-0.05, 0) is 0 Å². The predicted molar refractivity (Wildman–Crippen MR) is 67.7 cm³/mol. The molecule has 0 radical (unpaired) electrons. The second kappa shape index (κ2) is 4.28. The maximum atomic E-state index is 13.2. The van der Waals surface area contributed by atoms with Gasteiger partial charge in [-0.3, -0.25) is 4.79 Å². The summed E-state index contributed by atoms with van der Waals surface area (Å²) >= 11 is 0. The van der Waals surface area contributed by atoms with Crippen molar-refractivity contribution >= 4 is 11.0 Å². The van der Waals surface area contributed by atoms with Gasteiger partial charge >= 0.3 is 0 Å². The number of aromatic nitrogens is 2. The molecular formula is C14H8F2N2O. The summed E-state index contributed by atoms with van der Waals surface area (Å²) in [5.41, 5.74) is 0.736. The molecule has 0 aliphatic rings. The van der Waals surface area contributed by atoms with Crippen molar-refractivity contribution in [3.8, 4) is 11.3 Å². The maximum absolute atomic E-state index is 13.2. The molecule has 0 atom stereocenters. The smallest absolute Gasteiger partial charge is 0.274 e. The Morgan fingerprint density at radius 3 is 2.42 bits per heavy atom. The lowest BCUT2D eigenvalue weighted by Gasteiger charge is -2.03. The molecule has 0 unspecified atom stereocenters. The van der Waals surface area contributed by atoms with Gasteiger partial charge in [0.05, 0.1) is 11.0 Å². The number of nitrogens with zero attached hydrogens (tertiary/aromatic N) is 1. The number of H-pyrrole nitrogens is 1. The Morgan fingerprint density at radius 1 is 1.00 bits per heavy atom. The highest BCUT2D eigenvalue weighted by molar-refractivity contribution is 5.77. The van der Waals surface area contributed by atoms with Crippen molar-refractivity contribution in [2.45, 2.75) is 0 Å². The first kappa shape index (κ1) is 11.5. The fourth-order valence-electron chi connectivity index (χ4n) is 1.87. The van der Waals surface area contributed by atoms with Crippen molar-refractivity contribution in [1.82, 2.24) is 9.97 Å². The molecule has 0 bridgehead atoms. The average molecular weight is 258 g/mol. The van der Waals surface area contributed by atoms with E-state index >= 15 is 0 Å². The molecule has 5 heteroatoms. The molecule has 0 saturated carbocycles. The van der Waals surface area contributed by atoms with Crippen LogP contribution in [0.3, 0.4) is 0 Å². The molecule has 1 N–H and O–H groups in total. The number of aromatic amines is 1. The SMILES string of the molecule is O=c1[nH]c2cc(F)c(F)cc2nc1-c1ccccc1. The first-order valence-corrected chi connectivity index (χ1v) is 5.59. The van der Waals surface area contributed by atoms with Crippen LogP contribution in [0, 0.1) is 11.6 Å². The van der Waals surface area contributed by atoms with Gasteiger partial charge in [-0.1, -0.05) is 30.3 Å². The van der Waals surface area contributed by atoms with Crippen molar-refractivity contribution in [2.75, 3.05) is 0 Å². The highest BCUT2D eigenvalue weighted by atomic mass is 19.2. The van der Waals surface area contributed by atoms with Gasteiger partial charge in [0.15, 0.2) is 11.6 Å². The van der Waals surface area contributed by atoms with E-state index in [0.29, 0.717) is 5.56 Å². The van der Waals surface area contributed by atoms with Gasteiger partial charge in [0, 0.05) is 17.7 Å². The number of hydrogen-bond acceptors (Lipinski definition) is 2. The Kier molecular flexibility index (Phi) is 2.59. The fourth-order valence-corrected chi connectivity index (χ4v) is 1.87. The van der Waals surface area contributed by atoms with Crippen LogP contribution in [-0.4, -0.2) is 9.97 Å². The van der Waals surface area contributed by atoms with E-state index in [-0.39, 0.29) is 16.7 Å². The summed E-state index contributed by atoms with van der Waals surface area (Å²) in [6.07, 6.45) is 0. The van der Waals surface area contributed by atoms with E-state index in [4.69, 9.17) is 0 Å². The van der Waals surface area contributed by atoms with Gasteiger partial charge in [0.1, 0.15) is 5.69 Å². The molecule has 1 heterocycles. The molecule has 2 aromatic carbocycles. The van der Waals surface area contributed by atoms with Crippen LogP contribution in [0.5, 0.6) is 0 Å². The number of halogens is 2. The molecule has 0 amide bonds. The van der Waals surface area contributed by atoms with Crippen LogP contribution in [-0.2, 0) is 0 Å². The van der Waals surface area contributed by atoms with Crippen molar-refractivity contribution < 1.29 is 8.78 Å². The van der Waals surface area contributed by atoms with Crippen LogP contribution in [0.1, 0.15) is 0 Å². The number of fused-ring (bicyclic) bond motifs is 1. The number of rotatable bonds is 1. The number of nitrogens with one attached hydrogen (secondary N) is 1. The predicted octanol–water partition coefficient (Wildman–Crippen LogP) is 2.87. The van der Waals surface area contributed by atoms with Crippen LogP contribution >= 0.6 is 0 Å². The van der Waals surface area contributed by atoms with Crippen LogP contribution in [0.15, 0.2) is 47.3 Å². The molecule has 3 aromatic rings. The topological polar surface area (TPSA) is 45.8 Å². The zero-order chi connectivity index (χ0) is 13.4. The van der Waals surface area contributed by atoms with E-state index < -0.39 is 17.2 Å². The second-order valence-corrected chi connectivity index (χ2v) is 4.06. The number of benzene rings is 2. The molecule has 0 saturated heterocycles. The Hall–Kier alpha value is -2.56. The van der Waals surface area contributed by atoms with Gasteiger partial charge < -0.3 is 4.98 Å². The summed E-state index contributed by atoms with van der Waals surface area (Å²) in [5.74, 6) is -2.01. The quantitative estimate of drug-likeness (QED) is 0.729. The summed E-state index contributed by atoms with van der Waals surface area (Å²) in [6, 6.07) is 10.7. The fraction of sp³-hybridized carbons (Fsp3) is 0. The lowest BCUT2D eigenvalue weighted by molar-refractivity contribution is 0.510. The Bertz CT molecular complexity index is 813. The van der Waals surface area contributed by atoms with Gasteiger partial charge in [-0.25, -0.2) is 13.8 Å². The Morgan fingerprint density at radius 2 is 1.68 bits per heavy atom. The van der Waals surface area contributed by atoms with E-state index in [1.807, 2.05) is 6.07 Å². The van der Waals surface area contributed by atoms with E-state index in [1.165, 1.54) is 0 Å². The standard InChI is InChI=1S/C14H8F2N2O/c15-9-6-11-12(7-10(9)16)18-14(19)13(17-11)8-4-2-1-3-5-8/h1-7H,(H,18,19). The van der Waals surface area contributed by atoms with Crippen LogP contribution in [0.25, 0.3) is 22.3 Å². The molecule has 19 heavy (non-hydrogen) atoms. The number of hydrogen-bond donors (Lipinski definition) is 1. The summed E-state index contributed by atoms with van der Waals surface area (Å²) in [4.78, 5) is 18.5. The minimum absolute atomic E-state index is 0.170. The average Bonchev–Trinajstić information content (AvgIpc) is 2.41. The molecule has 0 aliphatic carbocycles. The van der Waals surface area contributed by atoms with Crippen molar-refractivity contribution in [1.29, 1.82) is 0 Å². The molecule has 0 aliphatic heterocycles. The Balaban J connectivity index is 2.31. The monoisotopic (exact) mass is 258 g/mol. The van der Waals surface area contributed by atoms with Gasteiger partial charge in [-0.15, -0.1) is 0 Å². The normalized spacial score (nSPS) is 10.8. The van der Waals surface area contributed by atoms with Crippen LogP contribution in [0.2, 0.25) is 0 Å². The first-order chi connectivity index (χ1) is 9.15. The first-order valence-electron chi connectivity index (χ1n) is 5.59. The van der Waals surface area contributed by atoms with Crippen molar-refractivity contribution in [2.24, 2.45) is 0 Å². The zero-order valence-electron chi connectivity index (χ0n) is 9.65. The summed E-state index contributed by atoms with van der Waals surface area (Å²) in [7, 11) is 0. The van der Waals surface area contributed by atoms with Crippen LogP contribution < -0.4 is 5.56 Å². The van der Waals surface area contributed by atoms with Gasteiger partial charge in [0.25, 0.3) is 5.56 Å². The molecule has 0 spiro atoms. The zero-order valence-corrected chi connectivity index (χ0v) is 9.65. The molecule has 0 fully saturated rings. The molecule has 3 rings (SSSR count). The summed E-state index contributed by atoms with van der Waals surface area (Å²) < 4.78 is 26.3. The Labute approximate surface area is 106 Å². The molecule has 94 valence electrons. The van der Waals surface area contributed by atoms with E-state index in [0.717, 1.165) is 12.1 Å². The maximum Gasteiger partial charge on any atom is 0.274 e. The molecule has 1 aromatic heterocycles. The van der Waals surface area contributed by atoms with Crippen molar-refractivity contribution in [3.63, 3.8) is 0 Å². The summed E-state index contributed by atoms with van der Waals surface area (Å²) in [6.45, 7) is 0. The summed E-state index contributed by atoms with van der Waals surface area (Å²) in [5, 5.41) is 0. The second-order valence-electron chi connectivity index (χ2n) is 4.06. The minimum Gasteiger partial charge on any atom is -0.319 e. The van der Waals surface area contributed by atoms with E-state index in [1.54, 1.807) is 24.3 Å². The molecular weight excluding hydrogens is 250 g/mol. The third-order valence-corrected chi connectivity index (χ3v) is 2.78. The van der Waals surface area contributed by atoms with Crippen LogP contribution in [0.4, 0.5) is 8.78 Å². The van der Waals surface area contributed by atoms with Crippen molar-refractivity contribution in [3.05, 3.63) is 64.5 Å². The third kappa shape index (κ3) is 1.99. The molecule has 3 nitrogen and oxygen atoms in total. The lowest BCUT2D eigenvalue weighted by Crippen LogP contribution is -2.11. The minimum atomic E-state index is -1.02. The highest BCUT2D eigenvalue weighted by Gasteiger charge is 2.10. The van der Waals surface area contributed by atoms with Gasteiger partial charge in [0.2, 0.25) is 0 Å². The lowest BCUT2D eigenvalue weighted by atomic mass is 10.1.